The number of hydrogen-bond acceptors (Lipinski definition) is 6. The molecule has 0 fully saturated rings. The molecule has 6 N–H and O–H groups in total. The Balaban J connectivity index is 2.40. The van der Waals surface area contributed by atoms with Gasteiger partial charge in [-0.05, 0) is 23.3 Å². The normalized spacial score (nSPS) is 9.84. The van der Waals surface area contributed by atoms with Crippen LogP contribution in [0.4, 0.5) is 5.69 Å². The van der Waals surface area contributed by atoms with Gasteiger partial charge in [0.1, 0.15) is 0 Å². The van der Waals surface area contributed by atoms with Gasteiger partial charge in [0.25, 0.3) is 0 Å². The summed E-state index contributed by atoms with van der Waals surface area (Å²) in [6, 6.07) is 4.68. The number of benzene rings is 1. The lowest BCUT2D eigenvalue weighted by Gasteiger charge is -2.10. The van der Waals surface area contributed by atoms with Crippen molar-refractivity contribution >= 4 is 29.8 Å². The first-order valence-corrected chi connectivity index (χ1v) is 7.33. The van der Waals surface area contributed by atoms with Crippen molar-refractivity contribution in [3.05, 3.63) is 29.3 Å². The minimum atomic E-state index is -0.574. The van der Waals surface area contributed by atoms with Crippen LogP contribution < -0.4 is 21.3 Å². The van der Waals surface area contributed by atoms with E-state index in [2.05, 4.69) is 21.3 Å². The zero-order chi connectivity index (χ0) is 18.7. The molecule has 0 radical (unpaired) electrons. The molecule has 0 aliphatic heterocycles. The number of carbonyl (C=O) groups is 4. The summed E-state index contributed by atoms with van der Waals surface area (Å²) in [5.41, 5.74) is 1.43. The van der Waals surface area contributed by atoms with Crippen LogP contribution in [0, 0.1) is 0 Å². The summed E-state index contributed by atoms with van der Waals surface area (Å²) in [5, 5.41) is 27.5. The van der Waals surface area contributed by atoms with Crippen LogP contribution in [0.1, 0.15) is 11.1 Å². The zero-order valence-corrected chi connectivity index (χ0v) is 13.4. The average Bonchev–Trinajstić information content (AvgIpc) is 2.62. The fourth-order valence-electron chi connectivity index (χ4n) is 1.84. The highest BCUT2D eigenvalue weighted by Gasteiger charge is 2.09. The van der Waals surface area contributed by atoms with Crippen molar-refractivity contribution in [1.82, 2.24) is 16.0 Å². The number of aliphatic hydroxyl groups is 2. The van der Waals surface area contributed by atoms with Crippen LogP contribution in [0.15, 0.2) is 18.2 Å². The third-order valence-corrected chi connectivity index (χ3v) is 2.94. The third kappa shape index (κ3) is 7.90. The van der Waals surface area contributed by atoms with Gasteiger partial charge in [0, 0.05) is 5.69 Å². The topological polar surface area (TPSA) is 157 Å². The Labute approximate surface area is 143 Å². The highest BCUT2D eigenvalue weighted by molar-refractivity contribution is 5.95. The summed E-state index contributed by atoms with van der Waals surface area (Å²) >= 11 is 0. The number of amides is 4. The van der Waals surface area contributed by atoms with Crippen LogP contribution in [0.2, 0.25) is 0 Å². The van der Waals surface area contributed by atoms with E-state index in [0.29, 0.717) is 23.2 Å². The van der Waals surface area contributed by atoms with Gasteiger partial charge in [-0.3, -0.25) is 19.2 Å². The van der Waals surface area contributed by atoms with Crippen LogP contribution in [0.5, 0.6) is 0 Å². The predicted octanol–water partition coefficient (Wildman–Crippen LogP) is -2.41. The van der Waals surface area contributed by atoms with Gasteiger partial charge in [0.15, 0.2) is 0 Å². The number of aliphatic hydroxyl groups excluding tert-OH is 2. The van der Waals surface area contributed by atoms with E-state index in [-0.39, 0.29) is 32.8 Å². The van der Waals surface area contributed by atoms with Gasteiger partial charge in [-0.1, -0.05) is 6.07 Å². The zero-order valence-electron chi connectivity index (χ0n) is 13.4. The van der Waals surface area contributed by atoms with E-state index >= 15 is 0 Å². The maximum atomic E-state index is 11.8. The first kappa shape index (κ1) is 20.1. The van der Waals surface area contributed by atoms with Crippen LogP contribution in [0.25, 0.3) is 0 Å². The number of nitrogens with one attached hydrogen (secondary N) is 4. The van der Waals surface area contributed by atoms with Gasteiger partial charge in [0.05, 0.1) is 32.8 Å². The van der Waals surface area contributed by atoms with Crippen LogP contribution >= 0.6 is 0 Å². The maximum absolute atomic E-state index is 11.8. The molecular weight excluding hydrogens is 332 g/mol. The minimum absolute atomic E-state index is 0.244. The molecule has 0 bridgehead atoms. The molecule has 0 unspecified atom stereocenters. The second-order valence-electron chi connectivity index (χ2n) is 4.95. The lowest BCUT2D eigenvalue weighted by molar-refractivity contribution is -0.127. The number of carbonyl (C=O) groups excluding carboxylic acids is 4. The van der Waals surface area contributed by atoms with Crippen molar-refractivity contribution in [2.24, 2.45) is 0 Å². The molecule has 0 aliphatic rings. The molecule has 136 valence electrons. The molecular formula is C15H20N4O6. The van der Waals surface area contributed by atoms with E-state index in [9.17, 15) is 19.2 Å². The molecule has 1 aromatic rings. The molecule has 1 rings (SSSR count). The molecule has 1 aromatic carbocycles. The molecule has 0 aliphatic carbocycles. The maximum Gasteiger partial charge on any atom is 0.243 e. The molecule has 0 saturated heterocycles. The van der Waals surface area contributed by atoms with E-state index in [1.165, 1.54) is 0 Å². The van der Waals surface area contributed by atoms with Gasteiger partial charge in [0.2, 0.25) is 24.1 Å². The van der Waals surface area contributed by atoms with Crippen molar-refractivity contribution < 1.29 is 29.4 Å². The van der Waals surface area contributed by atoms with Gasteiger partial charge < -0.3 is 31.5 Å². The lowest BCUT2D eigenvalue weighted by Crippen LogP contribution is -2.42. The van der Waals surface area contributed by atoms with E-state index in [0.717, 1.165) is 0 Å². The van der Waals surface area contributed by atoms with E-state index in [4.69, 9.17) is 10.2 Å². The van der Waals surface area contributed by atoms with E-state index in [1.807, 2.05) is 0 Å². The Morgan fingerprint density at radius 2 is 1.36 bits per heavy atom. The van der Waals surface area contributed by atoms with Crippen molar-refractivity contribution in [2.75, 3.05) is 25.0 Å². The highest BCUT2D eigenvalue weighted by atomic mass is 16.3. The van der Waals surface area contributed by atoms with E-state index in [1.54, 1.807) is 18.2 Å². The van der Waals surface area contributed by atoms with Crippen molar-refractivity contribution in [3.63, 3.8) is 0 Å². The highest BCUT2D eigenvalue weighted by Crippen LogP contribution is 2.15. The summed E-state index contributed by atoms with van der Waals surface area (Å²) < 4.78 is 0. The number of rotatable bonds is 10. The van der Waals surface area contributed by atoms with Crippen molar-refractivity contribution in [2.45, 2.75) is 13.2 Å². The second kappa shape index (κ2) is 10.7. The first-order valence-electron chi connectivity index (χ1n) is 7.33. The summed E-state index contributed by atoms with van der Waals surface area (Å²) in [4.78, 5) is 44.5. The molecule has 25 heavy (non-hydrogen) atoms. The first-order chi connectivity index (χ1) is 12.0. The molecule has 10 nitrogen and oxygen atoms in total. The third-order valence-electron chi connectivity index (χ3n) is 2.94. The Morgan fingerprint density at radius 1 is 0.840 bits per heavy atom. The summed E-state index contributed by atoms with van der Waals surface area (Å²) in [6.07, 6.45) is 0.359. The fourth-order valence-corrected chi connectivity index (χ4v) is 1.84. The SMILES string of the molecule is O=CNCC(=O)NCC(=O)NCC(=O)Nc1cc(CO)cc(CO)c1. The largest absolute Gasteiger partial charge is 0.392 e. The van der Waals surface area contributed by atoms with Gasteiger partial charge in [-0.15, -0.1) is 0 Å². The molecule has 0 aromatic heterocycles. The summed E-state index contributed by atoms with van der Waals surface area (Å²) in [7, 11) is 0. The quantitative estimate of drug-likeness (QED) is 0.257. The van der Waals surface area contributed by atoms with Gasteiger partial charge >= 0.3 is 0 Å². The standard InChI is InChI=1S/C15H20N4O6/c20-7-10-1-11(8-21)3-12(2-10)19-15(25)6-18-14(24)5-17-13(23)4-16-9-22/h1-3,9,20-21H,4-8H2,(H,16,22)(H,17,23)(H,18,24)(H,19,25). The molecule has 10 heteroatoms. The average molecular weight is 352 g/mol. The van der Waals surface area contributed by atoms with Gasteiger partial charge in [-0.25, -0.2) is 0 Å². The Morgan fingerprint density at radius 3 is 1.88 bits per heavy atom. The van der Waals surface area contributed by atoms with Crippen molar-refractivity contribution in [1.29, 1.82) is 0 Å². The van der Waals surface area contributed by atoms with Gasteiger partial charge in [-0.2, -0.15) is 0 Å². The molecule has 0 atom stereocenters. The van der Waals surface area contributed by atoms with Crippen LogP contribution in [0.3, 0.4) is 0 Å². The number of hydrogen-bond donors (Lipinski definition) is 6. The lowest BCUT2D eigenvalue weighted by atomic mass is 10.1. The van der Waals surface area contributed by atoms with Crippen molar-refractivity contribution in [3.8, 4) is 0 Å². The predicted molar refractivity (Wildman–Crippen MR) is 87.0 cm³/mol. The second-order valence-corrected chi connectivity index (χ2v) is 4.95. The minimum Gasteiger partial charge on any atom is -0.392 e. The van der Waals surface area contributed by atoms with Crippen LogP contribution in [-0.2, 0) is 32.4 Å². The molecule has 0 saturated carbocycles. The molecule has 0 spiro atoms. The fraction of sp³-hybridized carbons (Fsp3) is 0.333. The smallest absolute Gasteiger partial charge is 0.243 e. The molecule has 0 heterocycles. The summed E-state index contributed by atoms with van der Waals surface area (Å²) in [6.45, 7) is -1.38. The Hall–Kier alpha value is -2.98. The summed E-state index contributed by atoms with van der Waals surface area (Å²) in [5.74, 6) is -1.62. The Kier molecular flexibility index (Phi) is 8.61. The monoisotopic (exact) mass is 352 g/mol. The Bertz CT molecular complexity index is 612. The van der Waals surface area contributed by atoms with Crippen LogP contribution in [-0.4, -0.2) is 54.0 Å². The molecule has 4 amide bonds. The van der Waals surface area contributed by atoms with E-state index < -0.39 is 17.7 Å². The number of anilines is 1.